The lowest BCUT2D eigenvalue weighted by Gasteiger charge is -2.08. The Morgan fingerprint density at radius 1 is 1.09 bits per heavy atom. The second kappa shape index (κ2) is 5.13. The maximum absolute atomic E-state index is 13.4. The van der Waals surface area contributed by atoms with Crippen LogP contribution in [0.1, 0.15) is 0 Å². The molecule has 4 aromatic rings. The second-order valence-electron chi connectivity index (χ2n) is 4.99. The molecule has 0 aliphatic rings. The molecule has 23 heavy (non-hydrogen) atoms. The molecular weight excluding hydrogens is 295 g/mol. The van der Waals surface area contributed by atoms with Gasteiger partial charge in [-0.25, -0.2) is 19.3 Å². The van der Waals surface area contributed by atoms with Crippen LogP contribution in [0.5, 0.6) is 0 Å². The van der Waals surface area contributed by atoms with Crippen molar-refractivity contribution >= 4 is 16.7 Å². The fourth-order valence-corrected chi connectivity index (χ4v) is 2.47. The first-order valence-corrected chi connectivity index (χ1v) is 6.89. The number of nitrogen functional groups attached to an aromatic ring is 1. The van der Waals surface area contributed by atoms with E-state index >= 15 is 0 Å². The number of pyridine rings is 2. The van der Waals surface area contributed by atoms with E-state index in [4.69, 9.17) is 5.73 Å². The molecule has 0 fully saturated rings. The molecule has 3 heterocycles. The highest BCUT2D eigenvalue weighted by Crippen LogP contribution is 2.29. The highest BCUT2D eigenvalue weighted by atomic mass is 19.1. The van der Waals surface area contributed by atoms with Gasteiger partial charge >= 0.3 is 0 Å². The zero-order valence-corrected chi connectivity index (χ0v) is 11.9. The van der Waals surface area contributed by atoms with Crippen LogP contribution >= 0.6 is 0 Å². The molecule has 1 aromatic carbocycles. The highest BCUT2D eigenvalue weighted by molar-refractivity contribution is 5.98. The van der Waals surface area contributed by atoms with Crippen molar-refractivity contribution in [3.8, 4) is 22.6 Å². The van der Waals surface area contributed by atoms with E-state index in [9.17, 15) is 4.39 Å². The lowest BCUT2D eigenvalue weighted by molar-refractivity contribution is 0.628. The van der Waals surface area contributed by atoms with Gasteiger partial charge in [0.1, 0.15) is 23.5 Å². The van der Waals surface area contributed by atoms with Gasteiger partial charge in [-0.2, -0.15) is 5.10 Å². The summed E-state index contributed by atoms with van der Waals surface area (Å²) >= 11 is 0. The molecule has 0 bridgehead atoms. The van der Waals surface area contributed by atoms with E-state index in [-0.39, 0.29) is 5.82 Å². The molecule has 112 valence electrons. The van der Waals surface area contributed by atoms with E-state index in [1.165, 1.54) is 18.5 Å². The van der Waals surface area contributed by atoms with Gasteiger partial charge in [-0.15, -0.1) is 0 Å². The van der Waals surface area contributed by atoms with E-state index in [0.29, 0.717) is 28.4 Å². The number of benzene rings is 1. The molecule has 0 aliphatic carbocycles. The summed E-state index contributed by atoms with van der Waals surface area (Å²) in [5.74, 6) is 0.579. The Labute approximate surface area is 130 Å². The molecule has 7 heteroatoms. The van der Waals surface area contributed by atoms with Gasteiger partial charge in [0.15, 0.2) is 5.82 Å². The van der Waals surface area contributed by atoms with E-state index in [0.717, 1.165) is 10.9 Å². The van der Waals surface area contributed by atoms with Crippen molar-refractivity contribution in [3.63, 3.8) is 0 Å². The molecule has 0 atom stereocenters. The molecule has 4 rings (SSSR count). The summed E-state index contributed by atoms with van der Waals surface area (Å²) in [6.07, 6.45) is 3.05. The zero-order valence-electron chi connectivity index (χ0n) is 11.9. The molecule has 0 saturated heterocycles. The molecule has 3 N–H and O–H groups in total. The van der Waals surface area contributed by atoms with Crippen LogP contribution in [0.4, 0.5) is 10.2 Å². The van der Waals surface area contributed by atoms with Crippen molar-refractivity contribution in [1.29, 1.82) is 0 Å². The number of halogens is 1. The summed E-state index contributed by atoms with van der Waals surface area (Å²) in [5, 5.41) is 7.45. The number of aromatic nitrogens is 5. The van der Waals surface area contributed by atoms with Crippen molar-refractivity contribution in [3.05, 3.63) is 54.7 Å². The van der Waals surface area contributed by atoms with Crippen LogP contribution in [0.15, 0.2) is 48.9 Å². The fraction of sp³-hybridized carbons (Fsp3) is 0. The van der Waals surface area contributed by atoms with Gasteiger partial charge in [0.2, 0.25) is 0 Å². The maximum atomic E-state index is 13.4. The minimum Gasteiger partial charge on any atom is -0.382 e. The third-order valence-corrected chi connectivity index (χ3v) is 3.55. The van der Waals surface area contributed by atoms with E-state index in [1.807, 2.05) is 12.1 Å². The van der Waals surface area contributed by atoms with Gasteiger partial charge in [-0.1, -0.05) is 12.1 Å². The monoisotopic (exact) mass is 306 g/mol. The second-order valence-corrected chi connectivity index (χ2v) is 4.99. The first-order chi connectivity index (χ1) is 11.2. The van der Waals surface area contributed by atoms with E-state index < -0.39 is 0 Å². The number of nitrogens with zero attached hydrogens (tertiary/aromatic N) is 4. The molecule has 0 aliphatic heterocycles. The van der Waals surface area contributed by atoms with Gasteiger partial charge in [-0.3, -0.25) is 5.10 Å². The van der Waals surface area contributed by atoms with Gasteiger partial charge < -0.3 is 5.73 Å². The Kier molecular flexibility index (Phi) is 2.97. The summed E-state index contributed by atoms with van der Waals surface area (Å²) in [5.41, 5.74) is 8.56. The van der Waals surface area contributed by atoms with Crippen LogP contribution in [0.2, 0.25) is 0 Å². The van der Waals surface area contributed by atoms with E-state index in [1.54, 1.807) is 18.3 Å². The first-order valence-electron chi connectivity index (χ1n) is 6.89. The van der Waals surface area contributed by atoms with Crippen molar-refractivity contribution in [2.24, 2.45) is 0 Å². The summed E-state index contributed by atoms with van der Waals surface area (Å²) in [4.78, 5) is 12.8. The van der Waals surface area contributed by atoms with Crippen LogP contribution in [0.25, 0.3) is 33.5 Å². The lowest BCUT2D eigenvalue weighted by Crippen LogP contribution is -1.97. The van der Waals surface area contributed by atoms with Crippen LogP contribution in [-0.2, 0) is 0 Å². The topological polar surface area (TPSA) is 93.4 Å². The summed E-state index contributed by atoms with van der Waals surface area (Å²) in [6.45, 7) is 0. The fourth-order valence-electron chi connectivity index (χ4n) is 2.47. The zero-order chi connectivity index (χ0) is 15.8. The molecular formula is C16H11FN6. The Morgan fingerprint density at radius 2 is 2.00 bits per heavy atom. The highest BCUT2D eigenvalue weighted by Gasteiger charge is 2.12. The van der Waals surface area contributed by atoms with Crippen molar-refractivity contribution in [2.45, 2.75) is 0 Å². The predicted molar refractivity (Wildman–Crippen MR) is 84.7 cm³/mol. The third kappa shape index (κ3) is 2.28. The Bertz CT molecular complexity index is 997. The quantitative estimate of drug-likeness (QED) is 0.594. The molecule has 0 amide bonds. The molecule has 3 aromatic heterocycles. The number of hydrogen-bond donors (Lipinski definition) is 2. The third-order valence-electron chi connectivity index (χ3n) is 3.55. The van der Waals surface area contributed by atoms with Crippen LogP contribution in [0.3, 0.4) is 0 Å². The molecule has 0 spiro atoms. The lowest BCUT2D eigenvalue weighted by atomic mass is 10.1. The normalized spacial score (nSPS) is 11.0. The van der Waals surface area contributed by atoms with Gasteiger partial charge in [-0.05, 0) is 24.3 Å². The average Bonchev–Trinajstić information content (AvgIpc) is 3.09. The number of nitrogens with two attached hydrogens (primary N) is 1. The van der Waals surface area contributed by atoms with E-state index in [2.05, 4.69) is 25.1 Å². The first kappa shape index (κ1) is 13.3. The maximum Gasteiger partial charge on any atom is 0.157 e. The standard InChI is InChI=1S/C16H11FN6/c17-10-3-1-2-9(6-10)13-5-4-11-12(16-20-8-21-23-16)7-19-15(18)14(11)22-13/h1-8H,(H2,18,19)(H,20,21,23). The molecule has 0 saturated carbocycles. The van der Waals surface area contributed by atoms with Crippen molar-refractivity contribution in [1.82, 2.24) is 25.1 Å². The largest absolute Gasteiger partial charge is 0.382 e. The van der Waals surface area contributed by atoms with Gasteiger partial charge in [0.25, 0.3) is 0 Å². The number of aromatic amines is 1. The number of nitrogens with one attached hydrogen (secondary N) is 1. The minimum atomic E-state index is -0.314. The van der Waals surface area contributed by atoms with Crippen LogP contribution < -0.4 is 5.73 Å². The number of rotatable bonds is 2. The van der Waals surface area contributed by atoms with Crippen LogP contribution in [0, 0.1) is 5.82 Å². The smallest absolute Gasteiger partial charge is 0.157 e. The number of anilines is 1. The number of hydrogen-bond acceptors (Lipinski definition) is 5. The summed E-state index contributed by atoms with van der Waals surface area (Å²) in [6, 6.07) is 9.94. The summed E-state index contributed by atoms with van der Waals surface area (Å²) in [7, 11) is 0. The number of H-pyrrole nitrogens is 1. The Hall–Kier alpha value is -3.35. The van der Waals surface area contributed by atoms with Gasteiger partial charge in [0.05, 0.1) is 5.69 Å². The Morgan fingerprint density at radius 3 is 2.78 bits per heavy atom. The molecule has 6 nitrogen and oxygen atoms in total. The van der Waals surface area contributed by atoms with Crippen LogP contribution in [-0.4, -0.2) is 25.1 Å². The predicted octanol–water partition coefficient (Wildman–Crippen LogP) is 2.80. The Balaban J connectivity index is 1.94. The van der Waals surface area contributed by atoms with Crippen molar-refractivity contribution < 1.29 is 4.39 Å². The SMILES string of the molecule is Nc1ncc(-c2ncn[nH]2)c2ccc(-c3cccc(F)c3)nc12. The van der Waals surface area contributed by atoms with Gasteiger partial charge in [0, 0.05) is 22.7 Å². The molecule has 0 radical (unpaired) electrons. The minimum absolute atomic E-state index is 0.307. The summed E-state index contributed by atoms with van der Waals surface area (Å²) < 4.78 is 13.4. The number of fused-ring (bicyclic) bond motifs is 1. The average molecular weight is 306 g/mol. The van der Waals surface area contributed by atoms with Crippen molar-refractivity contribution in [2.75, 3.05) is 5.73 Å². The molecule has 0 unspecified atom stereocenters.